The van der Waals surface area contributed by atoms with E-state index in [2.05, 4.69) is 0 Å². The smallest absolute Gasteiger partial charge is 0.179 e. The molecule has 0 bridgehead atoms. The van der Waals surface area contributed by atoms with Crippen LogP contribution in [0, 0.1) is 0 Å². The Morgan fingerprint density at radius 1 is 0.250 bits per heavy atom. The van der Waals surface area contributed by atoms with Gasteiger partial charge >= 0.3 is 0 Å². The Balaban J connectivity index is 1.31. The second kappa shape index (κ2) is 18.9. The Bertz CT molecular complexity index is 5200. The topological polar surface area (TPSA) is 9.86 Å². The molecule has 4 heteroatoms. The zero-order chi connectivity index (χ0) is 68.7. The minimum atomic E-state index is -5.06. The van der Waals surface area contributed by atoms with E-state index in [4.69, 9.17) is 8.22 Å². The Kier molecular flexibility index (Phi) is 7.04. The van der Waals surface area contributed by atoms with Gasteiger partial charge in [0, 0.05) is 32.9 Å². The average molecular weight is 1020 g/mol. The predicted octanol–water partition coefficient (Wildman–Crippen LogP) is 12.3. The summed E-state index contributed by atoms with van der Waals surface area (Å²) in [6.07, 6.45) is 0. The van der Waals surface area contributed by atoms with Gasteiger partial charge in [0.25, 0.3) is 0 Å². The second-order valence-electron chi connectivity index (χ2n) is 18.4. The summed E-state index contributed by atoms with van der Waals surface area (Å²) in [6, 6.07) is 40.3. The lowest BCUT2D eigenvalue weighted by molar-refractivity contribution is 1.13. The number of nitrogens with zero attached hydrogens (tertiary/aromatic N) is 2. The number of rotatable bonds is 11. The van der Waals surface area contributed by atoms with Crippen LogP contribution in [0.1, 0.15) is 28.8 Å². The van der Waals surface area contributed by atoms with E-state index in [0.717, 1.165) is 0 Å². The third kappa shape index (κ3) is 7.21. The van der Waals surface area contributed by atoms with Crippen LogP contribution in [-0.2, 0) is 0 Å². The van der Waals surface area contributed by atoms with E-state index in [0.29, 0.717) is 42.6 Å². The zero-order valence-corrected chi connectivity index (χ0v) is 42.3. The first kappa shape index (κ1) is 28.4. The fourth-order valence-electron chi connectivity index (χ4n) is 11.2. The molecule has 0 amide bonds. The molecule has 0 spiro atoms. The highest BCUT2D eigenvalue weighted by atomic mass is 28.3. The van der Waals surface area contributed by atoms with Gasteiger partial charge in [0.2, 0.25) is 0 Å². The van der Waals surface area contributed by atoms with Crippen LogP contribution in [0.15, 0.2) is 315 Å². The minimum Gasteiger partial charge on any atom is -0.309 e. The second-order valence-corrected chi connectivity index (χ2v) is 25.7. The number of fused-ring (bicyclic) bond motifs is 6. The van der Waals surface area contributed by atoms with Crippen molar-refractivity contribution in [1.29, 1.82) is 0 Å². The highest BCUT2D eigenvalue weighted by Gasteiger charge is 2.46. The van der Waals surface area contributed by atoms with Gasteiger partial charge in [-0.05, 0) is 95.0 Å². The van der Waals surface area contributed by atoms with Crippen LogP contribution >= 0.6 is 0 Å². The molecule has 0 aliphatic rings. The maximum Gasteiger partial charge on any atom is 0.179 e. The van der Waals surface area contributed by atoms with Crippen LogP contribution in [0.25, 0.3) is 66.1 Å². The van der Waals surface area contributed by atoms with Gasteiger partial charge in [0.1, 0.15) is 0 Å². The molecule has 2 heterocycles. The van der Waals surface area contributed by atoms with Crippen molar-refractivity contribution in [3.05, 3.63) is 315 Å². The molecule has 0 unspecified atom stereocenters. The van der Waals surface area contributed by atoms with Crippen LogP contribution < -0.4 is 41.5 Å². The number of hydrogen-bond donors (Lipinski definition) is 0. The third-order valence-electron chi connectivity index (χ3n) is 14.4. The van der Waals surface area contributed by atoms with E-state index in [1.165, 1.54) is 0 Å². The van der Waals surface area contributed by atoms with E-state index in [9.17, 15) is 20.6 Å². The van der Waals surface area contributed by atoms with Crippen molar-refractivity contribution in [1.82, 2.24) is 9.13 Å². The van der Waals surface area contributed by atoms with Gasteiger partial charge in [-0.25, -0.2) is 0 Å². The summed E-state index contributed by atoms with van der Waals surface area (Å²) in [5.74, 6) is 0. The fraction of sp³-hybridized carbons (Fsp3) is 0. The predicted molar refractivity (Wildman–Crippen MR) is 328 cm³/mol. The van der Waals surface area contributed by atoms with Gasteiger partial charge < -0.3 is 9.13 Å². The van der Waals surface area contributed by atoms with Crippen LogP contribution in [-0.4, -0.2) is 25.3 Å². The van der Waals surface area contributed by atoms with E-state index < -0.39 is 131 Å². The van der Waals surface area contributed by atoms with Crippen molar-refractivity contribution in [2.24, 2.45) is 0 Å². The SMILES string of the molecule is [2H]c1c([2H])c([2H])c([Si](c2ccccc2)(c2ccccc2)c2c([2H])c(-c3cc(-n4c5ccccc5c5c([2H])c([2H])c([2H])c([2H])c54)cc(-n4c5ccccc5c5c([2H])c([2H])c([2H])c([2H])c54)c3)c([2H])c([Si](c3ccccc3)(c3ccccc3)c3c([2H])c([2H])c([2H])c([2H])c3[2H])c2[2H])c([2H])c1[2H]. The molecule has 358 valence electrons. The lowest BCUT2D eigenvalue weighted by Crippen LogP contribution is -2.78. The molecule has 14 rings (SSSR count). The minimum absolute atomic E-state index is 0.0149. The van der Waals surface area contributed by atoms with Crippen molar-refractivity contribution in [2.45, 2.75) is 0 Å². The van der Waals surface area contributed by atoms with E-state index >= 15 is 0 Å². The molecule has 0 N–H and O–H groups in total. The van der Waals surface area contributed by atoms with Gasteiger partial charge in [0.05, 0.1) is 50.9 Å². The maximum absolute atomic E-state index is 11.6. The lowest BCUT2D eigenvalue weighted by Gasteiger charge is -2.38. The van der Waals surface area contributed by atoms with E-state index in [1.807, 2.05) is 0 Å². The Labute approximate surface area is 475 Å². The van der Waals surface area contributed by atoms with Crippen LogP contribution in [0.2, 0.25) is 0 Å². The van der Waals surface area contributed by atoms with Gasteiger partial charge in [0.15, 0.2) is 16.1 Å². The molecule has 0 aliphatic carbocycles. The van der Waals surface area contributed by atoms with Crippen molar-refractivity contribution in [3.8, 4) is 22.5 Å². The summed E-state index contributed by atoms with van der Waals surface area (Å²) in [5.41, 5.74) is 0.722. The molecule has 0 radical (unpaired) electrons. The van der Waals surface area contributed by atoms with Crippen molar-refractivity contribution < 1.29 is 28.8 Å². The first-order chi connectivity index (χ1) is 46.4. The Morgan fingerprint density at radius 3 is 0.987 bits per heavy atom. The Morgan fingerprint density at radius 2 is 0.592 bits per heavy atom. The maximum atomic E-state index is 11.6. The highest BCUT2D eigenvalue weighted by Crippen LogP contribution is 2.38. The number of hydrogen-bond acceptors (Lipinski definition) is 0. The van der Waals surface area contributed by atoms with E-state index in [1.54, 1.807) is 197 Å². The number of benzene rings is 12. The summed E-state index contributed by atoms with van der Waals surface area (Å²) >= 11 is 0. The van der Waals surface area contributed by atoms with Crippen molar-refractivity contribution in [2.75, 3.05) is 0 Å². The molecule has 0 atom stereocenters. The van der Waals surface area contributed by atoms with Gasteiger partial charge in [-0.15, -0.1) is 0 Å². The summed E-state index contributed by atoms with van der Waals surface area (Å²) in [4.78, 5) is 0. The molecule has 0 saturated heterocycles. The average Bonchev–Trinajstić information content (AvgIpc) is 1.51. The molecule has 2 nitrogen and oxygen atoms in total. The number of aromatic nitrogens is 2. The quantitative estimate of drug-likeness (QED) is 0.0903. The normalized spacial score (nSPS) is 15.8. The van der Waals surface area contributed by atoms with Gasteiger partial charge in [-0.3, -0.25) is 0 Å². The summed E-state index contributed by atoms with van der Waals surface area (Å²) in [7, 11) is -10.1. The zero-order valence-electron chi connectivity index (χ0n) is 61.3. The molecule has 2 aromatic heterocycles. The van der Waals surface area contributed by atoms with Crippen molar-refractivity contribution in [3.63, 3.8) is 0 Å². The first-order valence-corrected chi connectivity index (χ1v) is 28.6. The number of para-hydroxylation sites is 4. The van der Waals surface area contributed by atoms with Gasteiger partial charge in [-0.1, -0.05) is 273 Å². The van der Waals surface area contributed by atoms with Gasteiger partial charge in [-0.2, -0.15) is 0 Å². The van der Waals surface area contributed by atoms with Crippen LogP contribution in [0.3, 0.4) is 0 Å². The highest BCUT2D eigenvalue weighted by molar-refractivity contribution is 7.22. The third-order valence-corrected chi connectivity index (χ3v) is 23.2. The fourth-order valence-corrected chi connectivity index (χ4v) is 19.8. The molecule has 76 heavy (non-hydrogen) atoms. The standard InChI is InChI=1S/C72H52N2Si2/c1-7-27-57(28-8-1)75(58-29-9-2-10-30-58,59-31-11-3-12-32-59)63-49-54(50-64(52-63)76(60-33-13-4-14-34-60,61-35-15-5-16-36-61)62-37-17-6-18-38-62)53-47-55(73-69-43-23-19-39-65(69)66-40-20-24-44-70(66)73)51-56(48-53)74-71-45-25-21-41-67(71)68-42-22-26-46-72(68)74/h1-52H/i1D,4D,7D,8D,13D,14D,19D,21D,23D,25D,27D,28D,33D,34D,39D,41D,43D,45D,49D,50D,52D. The molecular formula is C72H52N2Si2. The molecule has 12 aromatic carbocycles. The monoisotopic (exact) mass is 1020 g/mol. The van der Waals surface area contributed by atoms with Crippen LogP contribution in [0.5, 0.6) is 0 Å². The molecule has 0 saturated carbocycles. The molecule has 0 fully saturated rings. The molecule has 0 aliphatic heterocycles. The molecule has 14 aromatic rings. The summed E-state index contributed by atoms with van der Waals surface area (Å²) in [5, 5.41) is 1.38. The first-order valence-electron chi connectivity index (χ1n) is 35.1. The van der Waals surface area contributed by atoms with Crippen molar-refractivity contribution >= 4 is 101 Å². The van der Waals surface area contributed by atoms with E-state index in [-0.39, 0.29) is 77.1 Å². The molecular weight excluding hydrogens is 949 g/mol. The Hall–Kier alpha value is -9.33. The summed E-state index contributed by atoms with van der Waals surface area (Å²) < 4.78 is 208. The van der Waals surface area contributed by atoms with Crippen LogP contribution in [0.4, 0.5) is 0 Å². The lowest BCUT2D eigenvalue weighted by atomic mass is 10.0. The largest absolute Gasteiger partial charge is 0.309 e. The summed E-state index contributed by atoms with van der Waals surface area (Å²) in [6.45, 7) is 0.